The summed E-state index contributed by atoms with van der Waals surface area (Å²) in [7, 11) is 0. The molecule has 2 aromatic carbocycles. The number of ether oxygens (including phenoxy) is 2. The molecular weight excluding hydrogens is 334 g/mol. The summed E-state index contributed by atoms with van der Waals surface area (Å²) in [6.07, 6.45) is 0. The zero-order valence-corrected chi connectivity index (χ0v) is 15.0. The molecule has 0 radical (unpaired) electrons. The van der Waals surface area contributed by atoms with Crippen molar-refractivity contribution in [3.05, 3.63) is 59.2 Å². The van der Waals surface area contributed by atoms with Crippen LogP contribution in [0.2, 0.25) is 0 Å². The lowest BCUT2D eigenvalue weighted by Crippen LogP contribution is -2.23. The standard InChI is InChI=1S/C20H21NO5/c1-13-8-14(2)10-18(9-13)25-12-20(24)26-11-19(23)21-17-6-4-16(5-7-17)15(3)22/h4-10H,11-12H2,1-3H3,(H,21,23). The monoisotopic (exact) mass is 355 g/mol. The van der Waals surface area contributed by atoms with Gasteiger partial charge in [-0.3, -0.25) is 9.59 Å². The van der Waals surface area contributed by atoms with Crippen LogP contribution in [-0.4, -0.2) is 30.9 Å². The molecule has 6 heteroatoms. The maximum Gasteiger partial charge on any atom is 0.344 e. The Kier molecular flexibility index (Phi) is 6.49. The van der Waals surface area contributed by atoms with Crippen molar-refractivity contribution in [2.24, 2.45) is 0 Å². The average Bonchev–Trinajstić information content (AvgIpc) is 2.58. The predicted octanol–water partition coefficient (Wildman–Crippen LogP) is 3.07. The molecule has 0 saturated carbocycles. The van der Waals surface area contributed by atoms with E-state index in [1.807, 2.05) is 32.0 Å². The molecule has 26 heavy (non-hydrogen) atoms. The van der Waals surface area contributed by atoms with Gasteiger partial charge in [0.15, 0.2) is 19.0 Å². The number of anilines is 1. The Balaban J connectivity index is 1.75. The Morgan fingerprint density at radius 2 is 1.54 bits per heavy atom. The number of nitrogens with one attached hydrogen (secondary N) is 1. The lowest BCUT2D eigenvalue weighted by molar-refractivity contribution is -0.149. The summed E-state index contributed by atoms with van der Waals surface area (Å²) in [6.45, 7) is 4.65. The van der Waals surface area contributed by atoms with Crippen LogP contribution in [0.15, 0.2) is 42.5 Å². The minimum absolute atomic E-state index is 0.0550. The molecule has 0 fully saturated rings. The average molecular weight is 355 g/mol. The summed E-state index contributed by atoms with van der Waals surface area (Å²) in [5.74, 6) is -0.582. The van der Waals surface area contributed by atoms with Gasteiger partial charge in [0.1, 0.15) is 5.75 Å². The van der Waals surface area contributed by atoms with Gasteiger partial charge in [0.05, 0.1) is 0 Å². The summed E-state index contributed by atoms with van der Waals surface area (Å²) in [4.78, 5) is 34.7. The normalized spacial score (nSPS) is 10.1. The SMILES string of the molecule is CC(=O)c1ccc(NC(=O)COC(=O)COc2cc(C)cc(C)c2)cc1. The largest absolute Gasteiger partial charge is 0.482 e. The van der Waals surface area contributed by atoms with E-state index in [-0.39, 0.29) is 12.4 Å². The van der Waals surface area contributed by atoms with Crippen molar-refractivity contribution in [2.45, 2.75) is 20.8 Å². The third-order valence-electron chi connectivity index (χ3n) is 3.49. The molecule has 0 heterocycles. The number of Topliss-reactive ketones (excluding diaryl/α,β-unsaturated/α-hetero) is 1. The summed E-state index contributed by atoms with van der Waals surface area (Å²) in [5.41, 5.74) is 3.13. The van der Waals surface area contributed by atoms with Crippen molar-refractivity contribution in [2.75, 3.05) is 18.5 Å². The molecule has 0 saturated heterocycles. The van der Waals surface area contributed by atoms with Crippen LogP contribution in [0.1, 0.15) is 28.4 Å². The molecule has 0 unspecified atom stereocenters. The molecule has 1 amide bonds. The number of carbonyl (C=O) groups is 3. The van der Waals surface area contributed by atoms with E-state index in [2.05, 4.69) is 5.32 Å². The number of benzene rings is 2. The van der Waals surface area contributed by atoms with E-state index < -0.39 is 18.5 Å². The second-order valence-electron chi connectivity index (χ2n) is 5.95. The Bertz CT molecular complexity index is 791. The van der Waals surface area contributed by atoms with Crippen LogP contribution in [0.4, 0.5) is 5.69 Å². The fraction of sp³-hybridized carbons (Fsp3) is 0.250. The van der Waals surface area contributed by atoms with E-state index in [1.54, 1.807) is 24.3 Å². The molecule has 0 aliphatic carbocycles. The number of hydrogen-bond acceptors (Lipinski definition) is 5. The van der Waals surface area contributed by atoms with Gasteiger partial charge in [-0.25, -0.2) is 4.79 Å². The fourth-order valence-corrected chi connectivity index (χ4v) is 2.33. The van der Waals surface area contributed by atoms with Crippen molar-refractivity contribution in [3.63, 3.8) is 0 Å². The Morgan fingerprint density at radius 3 is 2.12 bits per heavy atom. The van der Waals surface area contributed by atoms with Crippen LogP contribution in [-0.2, 0) is 14.3 Å². The molecule has 0 atom stereocenters. The van der Waals surface area contributed by atoms with Crippen LogP contribution >= 0.6 is 0 Å². The summed E-state index contributed by atoms with van der Waals surface area (Å²) >= 11 is 0. The highest BCUT2D eigenvalue weighted by atomic mass is 16.6. The molecule has 6 nitrogen and oxygen atoms in total. The molecule has 2 rings (SSSR count). The molecule has 0 spiro atoms. The molecule has 1 N–H and O–H groups in total. The first-order chi connectivity index (χ1) is 12.3. The zero-order chi connectivity index (χ0) is 19.1. The van der Waals surface area contributed by atoms with Crippen molar-refractivity contribution in [1.29, 1.82) is 0 Å². The minimum Gasteiger partial charge on any atom is -0.482 e. The van der Waals surface area contributed by atoms with Crippen molar-refractivity contribution < 1.29 is 23.9 Å². The van der Waals surface area contributed by atoms with Gasteiger partial charge in [0.25, 0.3) is 5.91 Å². The lowest BCUT2D eigenvalue weighted by atomic mass is 10.1. The highest BCUT2D eigenvalue weighted by molar-refractivity contribution is 5.96. The topological polar surface area (TPSA) is 81.7 Å². The molecule has 0 aromatic heterocycles. The first-order valence-electron chi connectivity index (χ1n) is 8.11. The van der Waals surface area contributed by atoms with Gasteiger partial charge in [0, 0.05) is 11.3 Å². The summed E-state index contributed by atoms with van der Waals surface area (Å²) < 4.78 is 10.3. The maximum absolute atomic E-state index is 11.8. The van der Waals surface area contributed by atoms with E-state index in [1.165, 1.54) is 6.92 Å². The maximum atomic E-state index is 11.8. The van der Waals surface area contributed by atoms with Gasteiger partial charge in [-0.05, 0) is 68.3 Å². The van der Waals surface area contributed by atoms with Gasteiger partial charge in [-0.15, -0.1) is 0 Å². The second kappa shape index (κ2) is 8.80. The number of rotatable bonds is 7. The quantitative estimate of drug-likeness (QED) is 0.610. The zero-order valence-electron chi connectivity index (χ0n) is 15.0. The third-order valence-corrected chi connectivity index (χ3v) is 3.49. The van der Waals surface area contributed by atoms with Crippen LogP contribution in [0, 0.1) is 13.8 Å². The van der Waals surface area contributed by atoms with Gasteiger partial charge in [-0.2, -0.15) is 0 Å². The van der Waals surface area contributed by atoms with E-state index in [4.69, 9.17) is 9.47 Å². The Labute approximate surface area is 152 Å². The second-order valence-corrected chi connectivity index (χ2v) is 5.95. The number of hydrogen-bond donors (Lipinski definition) is 1. The van der Waals surface area contributed by atoms with Gasteiger partial charge < -0.3 is 14.8 Å². The van der Waals surface area contributed by atoms with E-state index in [0.717, 1.165) is 11.1 Å². The minimum atomic E-state index is -0.633. The first-order valence-corrected chi connectivity index (χ1v) is 8.11. The fourth-order valence-electron chi connectivity index (χ4n) is 2.33. The van der Waals surface area contributed by atoms with Crippen LogP contribution in [0.25, 0.3) is 0 Å². The van der Waals surface area contributed by atoms with Gasteiger partial charge >= 0.3 is 5.97 Å². The van der Waals surface area contributed by atoms with Crippen molar-refractivity contribution >= 4 is 23.3 Å². The van der Waals surface area contributed by atoms with Gasteiger partial charge in [0.2, 0.25) is 0 Å². The molecular formula is C20H21NO5. The highest BCUT2D eigenvalue weighted by Crippen LogP contribution is 2.16. The number of amides is 1. The van der Waals surface area contributed by atoms with Crippen LogP contribution in [0.5, 0.6) is 5.75 Å². The predicted molar refractivity (Wildman–Crippen MR) is 97.4 cm³/mol. The Morgan fingerprint density at radius 1 is 0.923 bits per heavy atom. The molecule has 0 aliphatic heterocycles. The Hall–Kier alpha value is -3.15. The third kappa shape index (κ3) is 6.05. The highest BCUT2D eigenvalue weighted by Gasteiger charge is 2.09. The van der Waals surface area contributed by atoms with Crippen molar-refractivity contribution in [1.82, 2.24) is 0 Å². The van der Waals surface area contributed by atoms with E-state index >= 15 is 0 Å². The van der Waals surface area contributed by atoms with E-state index in [0.29, 0.717) is 17.0 Å². The number of ketones is 1. The summed E-state index contributed by atoms with van der Waals surface area (Å²) in [5, 5.41) is 2.58. The number of esters is 1. The van der Waals surface area contributed by atoms with Crippen LogP contribution in [0.3, 0.4) is 0 Å². The van der Waals surface area contributed by atoms with Crippen LogP contribution < -0.4 is 10.1 Å². The molecule has 2 aromatic rings. The van der Waals surface area contributed by atoms with Crippen molar-refractivity contribution in [3.8, 4) is 5.75 Å². The molecule has 0 aliphatic rings. The van der Waals surface area contributed by atoms with Gasteiger partial charge in [-0.1, -0.05) is 6.07 Å². The molecule has 0 bridgehead atoms. The van der Waals surface area contributed by atoms with E-state index in [9.17, 15) is 14.4 Å². The lowest BCUT2D eigenvalue weighted by Gasteiger charge is -2.09. The molecule has 136 valence electrons. The number of aryl methyl sites for hydroxylation is 2. The smallest absolute Gasteiger partial charge is 0.344 e. The number of carbonyl (C=O) groups excluding carboxylic acids is 3. The first kappa shape index (κ1) is 19.2. The summed E-state index contributed by atoms with van der Waals surface area (Å²) in [6, 6.07) is 12.1.